The number of hydrogen-bond donors (Lipinski definition) is 1. The number of piperidine rings is 1. The molecule has 3 aromatic carbocycles. The van der Waals surface area contributed by atoms with Crippen LogP contribution in [0, 0.1) is 18.3 Å². The average Bonchev–Trinajstić information content (AvgIpc) is 3.19. The van der Waals surface area contributed by atoms with Crippen molar-refractivity contribution >= 4 is 17.4 Å². The van der Waals surface area contributed by atoms with E-state index < -0.39 is 0 Å². The number of amides is 2. The molecule has 0 radical (unpaired) electrons. The highest BCUT2D eigenvalue weighted by Crippen LogP contribution is 2.47. The van der Waals surface area contributed by atoms with Gasteiger partial charge in [0.25, 0.3) is 0 Å². The number of carbonyl (C=O) groups excluding carboxylic acids is 1. The van der Waals surface area contributed by atoms with Gasteiger partial charge in [-0.15, -0.1) is 0 Å². The van der Waals surface area contributed by atoms with E-state index in [9.17, 15) is 4.79 Å². The molecule has 0 aliphatic carbocycles. The summed E-state index contributed by atoms with van der Waals surface area (Å²) in [6.45, 7) is 10.1. The molecule has 0 atom stereocenters. The van der Waals surface area contributed by atoms with Crippen LogP contribution in [0.15, 0.2) is 66.7 Å². The van der Waals surface area contributed by atoms with Crippen molar-refractivity contribution in [2.45, 2.75) is 51.5 Å². The minimum absolute atomic E-state index is 0.0125. The lowest BCUT2D eigenvalue weighted by atomic mass is 9.74. The summed E-state index contributed by atoms with van der Waals surface area (Å²) in [4.78, 5) is 17.9. The number of rotatable bonds is 4. The first-order chi connectivity index (χ1) is 17.4. The van der Waals surface area contributed by atoms with Gasteiger partial charge in [0.05, 0.1) is 11.6 Å². The van der Waals surface area contributed by atoms with Crippen molar-refractivity contribution in [3.8, 4) is 6.07 Å². The molecule has 2 amide bonds. The van der Waals surface area contributed by atoms with E-state index in [4.69, 9.17) is 5.26 Å². The molecule has 1 N–H and O–H groups in total. The second kappa shape index (κ2) is 9.79. The zero-order valence-electron chi connectivity index (χ0n) is 21.4. The highest BCUT2D eigenvalue weighted by atomic mass is 16.2. The van der Waals surface area contributed by atoms with Crippen molar-refractivity contribution in [1.29, 1.82) is 5.26 Å². The molecule has 2 aliphatic heterocycles. The zero-order valence-corrected chi connectivity index (χ0v) is 21.4. The summed E-state index contributed by atoms with van der Waals surface area (Å²) in [5.41, 5.74) is 7.60. The number of nitrogens with zero attached hydrogens (tertiary/aromatic N) is 3. The van der Waals surface area contributed by atoms with E-state index in [1.54, 1.807) is 0 Å². The van der Waals surface area contributed by atoms with Gasteiger partial charge in [0.1, 0.15) is 0 Å². The molecule has 1 fully saturated rings. The molecule has 0 bridgehead atoms. The smallest absolute Gasteiger partial charge is 0.308 e. The van der Waals surface area contributed by atoms with Gasteiger partial charge in [-0.25, -0.2) is 4.79 Å². The van der Waals surface area contributed by atoms with Crippen LogP contribution in [0.3, 0.4) is 0 Å². The Balaban J connectivity index is 1.30. The number of fused-ring (bicyclic) bond motifs is 2. The second-order valence-electron chi connectivity index (χ2n) is 10.7. The van der Waals surface area contributed by atoms with Crippen LogP contribution in [0.4, 0.5) is 16.2 Å². The highest BCUT2D eigenvalue weighted by molar-refractivity contribution is 6.03. The van der Waals surface area contributed by atoms with Gasteiger partial charge in [-0.1, -0.05) is 55.8 Å². The Hall–Kier alpha value is -3.62. The molecule has 0 aromatic heterocycles. The number of nitriles is 1. The van der Waals surface area contributed by atoms with Gasteiger partial charge in [-0.2, -0.15) is 5.26 Å². The second-order valence-corrected chi connectivity index (χ2v) is 10.7. The molecule has 2 heterocycles. The Kier molecular flexibility index (Phi) is 6.55. The van der Waals surface area contributed by atoms with Crippen LogP contribution in [0.2, 0.25) is 0 Å². The standard InChI is InChI=1S/C31H34N4O/c1-22(2)26-9-11-27(12-10-26)33-30(36)35-21-31(28-18-23(3)4-13-29(28)35)14-16-34(17-15-31)20-25-7-5-24(19-32)6-8-25/h4-13,18,22H,14-17,20-21H2,1-3H3,(H,33,36). The number of benzene rings is 3. The molecule has 36 heavy (non-hydrogen) atoms. The molecular formula is C31H34N4O. The Morgan fingerprint density at radius 3 is 2.36 bits per heavy atom. The van der Waals surface area contributed by atoms with Gasteiger partial charge in [-0.3, -0.25) is 9.80 Å². The SMILES string of the molecule is Cc1ccc2c(c1)C1(CCN(Cc3ccc(C#N)cc3)CC1)CN2C(=O)Nc1ccc(C(C)C)cc1. The monoisotopic (exact) mass is 478 g/mol. The average molecular weight is 479 g/mol. The molecule has 5 rings (SSSR count). The summed E-state index contributed by atoms with van der Waals surface area (Å²) in [6.07, 6.45) is 2.04. The Bertz CT molecular complexity index is 1280. The fourth-order valence-electron chi connectivity index (χ4n) is 5.62. The normalized spacial score (nSPS) is 16.7. The lowest BCUT2D eigenvalue weighted by Gasteiger charge is -2.40. The maximum absolute atomic E-state index is 13.4. The van der Waals surface area contributed by atoms with Crippen LogP contribution >= 0.6 is 0 Å². The predicted octanol–water partition coefficient (Wildman–Crippen LogP) is 6.58. The van der Waals surface area contributed by atoms with Gasteiger partial charge < -0.3 is 5.32 Å². The highest BCUT2D eigenvalue weighted by Gasteiger charge is 2.46. The van der Waals surface area contributed by atoms with Crippen molar-refractivity contribution in [1.82, 2.24) is 4.90 Å². The number of nitrogens with one attached hydrogen (secondary N) is 1. The third kappa shape index (κ3) is 4.74. The van der Waals surface area contributed by atoms with Crippen molar-refractivity contribution < 1.29 is 4.79 Å². The summed E-state index contributed by atoms with van der Waals surface area (Å²) < 4.78 is 0. The summed E-state index contributed by atoms with van der Waals surface area (Å²) in [6, 6.07) is 24.7. The fraction of sp³-hybridized carbons (Fsp3) is 0.355. The molecule has 1 spiro atoms. The van der Waals surface area contributed by atoms with Crippen molar-refractivity contribution in [3.63, 3.8) is 0 Å². The summed E-state index contributed by atoms with van der Waals surface area (Å²) >= 11 is 0. The number of hydrogen-bond acceptors (Lipinski definition) is 3. The number of anilines is 2. The predicted molar refractivity (Wildman–Crippen MR) is 145 cm³/mol. The first-order valence-corrected chi connectivity index (χ1v) is 12.9. The molecule has 5 nitrogen and oxygen atoms in total. The van der Waals surface area contributed by atoms with Crippen LogP contribution < -0.4 is 10.2 Å². The molecule has 3 aromatic rings. The van der Waals surface area contributed by atoms with Gasteiger partial charge in [-0.05, 0) is 85.8 Å². The largest absolute Gasteiger partial charge is 0.326 e. The molecule has 1 saturated heterocycles. The summed E-state index contributed by atoms with van der Waals surface area (Å²) in [5, 5.41) is 12.2. The molecule has 184 valence electrons. The number of carbonyl (C=O) groups is 1. The van der Waals surface area contributed by atoms with Crippen molar-refractivity contribution in [2.75, 3.05) is 29.9 Å². The molecule has 0 unspecified atom stereocenters. The third-order valence-electron chi connectivity index (χ3n) is 7.85. The molecule has 2 aliphatic rings. The minimum atomic E-state index is -0.0608. The van der Waals surface area contributed by atoms with Gasteiger partial charge >= 0.3 is 6.03 Å². The summed E-state index contributed by atoms with van der Waals surface area (Å²) in [7, 11) is 0. The van der Waals surface area contributed by atoms with Gasteiger partial charge in [0.2, 0.25) is 0 Å². The van der Waals surface area contributed by atoms with Crippen molar-refractivity contribution in [3.05, 3.63) is 94.5 Å². The van der Waals surface area contributed by atoms with Gasteiger partial charge in [0, 0.05) is 29.9 Å². The number of likely N-dealkylation sites (tertiary alicyclic amines) is 1. The van der Waals surface area contributed by atoms with Crippen molar-refractivity contribution in [2.24, 2.45) is 0 Å². The van der Waals surface area contributed by atoms with E-state index in [-0.39, 0.29) is 11.4 Å². The molecular weight excluding hydrogens is 444 g/mol. The fourth-order valence-corrected chi connectivity index (χ4v) is 5.62. The minimum Gasteiger partial charge on any atom is -0.308 e. The number of urea groups is 1. The van der Waals surface area contributed by atoms with E-state index in [2.05, 4.69) is 79.5 Å². The maximum Gasteiger partial charge on any atom is 0.326 e. The molecule has 0 saturated carbocycles. The van der Waals surface area contributed by atoms with E-state index in [1.807, 2.05) is 29.2 Å². The lowest BCUT2D eigenvalue weighted by Crippen LogP contribution is -2.46. The van der Waals surface area contributed by atoms with E-state index in [1.165, 1.54) is 22.3 Å². The lowest BCUT2D eigenvalue weighted by molar-refractivity contribution is 0.160. The van der Waals surface area contributed by atoms with Crippen LogP contribution in [-0.2, 0) is 12.0 Å². The Labute approximate surface area is 214 Å². The Morgan fingerprint density at radius 1 is 1.03 bits per heavy atom. The Morgan fingerprint density at radius 2 is 1.72 bits per heavy atom. The van der Waals surface area contributed by atoms with Crippen LogP contribution in [0.25, 0.3) is 0 Å². The maximum atomic E-state index is 13.4. The van der Waals surface area contributed by atoms with Crippen LogP contribution in [0.1, 0.15) is 60.4 Å². The molecule has 5 heteroatoms. The first kappa shape index (κ1) is 24.1. The third-order valence-corrected chi connectivity index (χ3v) is 7.85. The van der Waals surface area contributed by atoms with E-state index in [0.717, 1.165) is 43.9 Å². The number of aryl methyl sites for hydroxylation is 1. The quantitative estimate of drug-likeness (QED) is 0.461. The van der Waals surface area contributed by atoms with E-state index in [0.29, 0.717) is 18.0 Å². The zero-order chi connectivity index (χ0) is 25.3. The first-order valence-electron chi connectivity index (χ1n) is 12.9. The van der Waals surface area contributed by atoms with Gasteiger partial charge in [0.15, 0.2) is 0 Å². The topological polar surface area (TPSA) is 59.4 Å². The van der Waals surface area contributed by atoms with Crippen LogP contribution in [-0.4, -0.2) is 30.6 Å². The van der Waals surface area contributed by atoms with E-state index >= 15 is 0 Å². The summed E-state index contributed by atoms with van der Waals surface area (Å²) in [5.74, 6) is 0.464. The van der Waals surface area contributed by atoms with Crippen LogP contribution in [0.5, 0.6) is 0 Å².